The van der Waals surface area contributed by atoms with Crippen LogP contribution in [0, 0.1) is 11.8 Å². The molecular weight excluding hydrogens is 272 g/mol. The Kier molecular flexibility index (Phi) is 8.66. The monoisotopic (exact) mass is 300 g/mol. The van der Waals surface area contributed by atoms with E-state index >= 15 is 0 Å². The summed E-state index contributed by atoms with van der Waals surface area (Å²) in [6.07, 6.45) is 1.41. The SMILES string of the molecule is CCCC(=O)NC(C(=O)NC(CC(C)C)C(=O)O)C(C)C. The van der Waals surface area contributed by atoms with Gasteiger partial charge >= 0.3 is 5.97 Å². The van der Waals surface area contributed by atoms with Gasteiger partial charge in [-0.05, 0) is 24.7 Å². The average molecular weight is 300 g/mol. The fraction of sp³-hybridized carbons (Fsp3) is 0.800. The largest absolute Gasteiger partial charge is 0.480 e. The van der Waals surface area contributed by atoms with Crippen LogP contribution in [0.5, 0.6) is 0 Å². The summed E-state index contributed by atoms with van der Waals surface area (Å²) >= 11 is 0. The molecule has 0 aromatic heterocycles. The lowest BCUT2D eigenvalue weighted by atomic mass is 10.0. The van der Waals surface area contributed by atoms with E-state index in [-0.39, 0.29) is 17.7 Å². The van der Waals surface area contributed by atoms with Crippen molar-refractivity contribution in [3.05, 3.63) is 0 Å². The minimum Gasteiger partial charge on any atom is -0.480 e. The topological polar surface area (TPSA) is 95.5 Å². The van der Waals surface area contributed by atoms with Gasteiger partial charge in [-0.15, -0.1) is 0 Å². The first kappa shape index (κ1) is 19.4. The molecule has 0 aliphatic heterocycles. The molecule has 2 atom stereocenters. The lowest BCUT2D eigenvalue weighted by Crippen LogP contribution is -2.53. The van der Waals surface area contributed by atoms with Crippen LogP contribution >= 0.6 is 0 Å². The van der Waals surface area contributed by atoms with E-state index in [1.54, 1.807) is 0 Å². The molecule has 0 aliphatic carbocycles. The van der Waals surface area contributed by atoms with Gasteiger partial charge in [-0.25, -0.2) is 4.79 Å². The van der Waals surface area contributed by atoms with Gasteiger partial charge in [0.25, 0.3) is 0 Å². The number of aliphatic carboxylic acids is 1. The van der Waals surface area contributed by atoms with E-state index in [2.05, 4.69) is 10.6 Å². The number of carbonyl (C=O) groups is 3. The van der Waals surface area contributed by atoms with E-state index < -0.39 is 24.0 Å². The minimum atomic E-state index is -1.06. The number of hydrogen-bond donors (Lipinski definition) is 3. The summed E-state index contributed by atoms with van der Waals surface area (Å²) in [5, 5.41) is 14.3. The van der Waals surface area contributed by atoms with Crippen LogP contribution in [0.15, 0.2) is 0 Å². The molecule has 6 nitrogen and oxygen atoms in total. The number of carboxylic acid groups (broad SMARTS) is 1. The van der Waals surface area contributed by atoms with Crippen molar-refractivity contribution in [2.24, 2.45) is 11.8 Å². The Hall–Kier alpha value is -1.59. The third-order valence-corrected chi connectivity index (χ3v) is 3.06. The number of carbonyl (C=O) groups excluding carboxylic acids is 2. The number of nitrogens with one attached hydrogen (secondary N) is 2. The molecule has 6 heteroatoms. The summed E-state index contributed by atoms with van der Waals surface area (Å²) in [6.45, 7) is 9.30. The van der Waals surface area contributed by atoms with E-state index in [0.717, 1.165) is 0 Å². The Balaban J connectivity index is 4.79. The van der Waals surface area contributed by atoms with Crippen LogP contribution < -0.4 is 10.6 Å². The molecule has 2 unspecified atom stereocenters. The Morgan fingerprint density at radius 2 is 1.62 bits per heavy atom. The Labute approximate surface area is 126 Å². The highest BCUT2D eigenvalue weighted by Crippen LogP contribution is 2.08. The molecule has 0 aliphatic rings. The summed E-state index contributed by atoms with van der Waals surface area (Å²) in [5.41, 5.74) is 0. The van der Waals surface area contributed by atoms with Gasteiger partial charge in [0.05, 0.1) is 0 Å². The highest BCUT2D eigenvalue weighted by Gasteiger charge is 2.28. The van der Waals surface area contributed by atoms with Crippen LogP contribution in [-0.4, -0.2) is 35.0 Å². The molecule has 0 heterocycles. The van der Waals surface area contributed by atoms with Crippen LogP contribution in [0.25, 0.3) is 0 Å². The smallest absolute Gasteiger partial charge is 0.326 e. The van der Waals surface area contributed by atoms with E-state index in [9.17, 15) is 14.4 Å². The number of carboxylic acids is 1. The fourth-order valence-electron chi connectivity index (χ4n) is 1.96. The zero-order chi connectivity index (χ0) is 16.6. The minimum absolute atomic E-state index is 0.112. The molecule has 0 radical (unpaired) electrons. The van der Waals surface area contributed by atoms with E-state index in [1.807, 2.05) is 34.6 Å². The maximum atomic E-state index is 12.2. The fourth-order valence-corrected chi connectivity index (χ4v) is 1.96. The standard InChI is InChI=1S/C15H28N2O4/c1-6-7-12(18)17-13(10(4)5)14(19)16-11(15(20)21)8-9(2)3/h9-11,13H,6-8H2,1-5H3,(H,16,19)(H,17,18)(H,20,21). The predicted octanol–water partition coefficient (Wildman–Crippen LogP) is 1.54. The third-order valence-electron chi connectivity index (χ3n) is 3.06. The lowest BCUT2D eigenvalue weighted by Gasteiger charge is -2.24. The molecule has 0 saturated carbocycles. The first-order valence-corrected chi connectivity index (χ1v) is 7.51. The molecule has 3 N–H and O–H groups in total. The van der Waals surface area contributed by atoms with Gasteiger partial charge < -0.3 is 15.7 Å². The maximum Gasteiger partial charge on any atom is 0.326 e. The van der Waals surface area contributed by atoms with Gasteiger partial charge in [-0.2, -0.15) is 0 Å². The van der Waals surface area contributed by atoms with Gasteiger partial charge in [-0.3, -0.25) is 9.59 Å². The second kappa shape index (κ2) is 9.37. The van der Waals surface area contributed by atoms with Gasteiger partial charge in [0.2, 0.25) is 11.8 Å². The molecular formula is C15H28N2O4. The Morgan fingerprint density at radius 3 is 2.00 bits per heavy atom. The molecule has 0 aromatic carbocycles. The number of rotatable bonds is 9. The second-order valence-corrected chi connectivity index (χ2v) is 6.07. The van der Waals surface area contributed by atoms with Crippen molar-refractivity contribution in [3.63, 3.8) is 0 Å². The van der Waals surface area contributed by atoms with Crippen LogP contribution in [0.3, 0.4) is 0 Å². The molecule has 0 aromatic rings. The summed E-state index contributed by atoms with van der Waals surface area (Å²) < 4.78 is 0. The molecule has 122 valence electrons. The molecule has 0 saturated heterocycles. The van der Waals surface area contributed by atoms with Crippen LogP contribution in [0.1, 0.15) is 53.9 Å². The van der Waals surface area contributed by atoms with Crippen LogP contribution in [0.4, 0.5) is 0 Å². The van der Waals surface area contributed by atoms with E-state index in [1.165, 1.54) is 0 Å². The first-order valence-electron chi connectivity index (χ1n) is 7.51. The highest BCUT2D eigenvalue weighted by atomic mass is 16.4. The molecule has 0 bridgehead atoms. The van der Waals surface area contributed by atoms with Crippen molar-refractivity contribution in [1.82, 2.24) is 10.6 Å². The van der Waals surface area contributed by atoms with Crippen molar-refractivity contribution < 1.29 is 19.5 Å². The summed E-state index contributed by atoms with van der Waals surface area (Å²) in [5.74, 6) is -1.65. The molecule has 0 fully saturated rings. The van der Waals surface area contributed by atoms with Gasteiger partial charge in [-0.1, -0.05) is 34.6 Å². The molecule has 21 heavy (non-hydrogen) atoms. The van der Waals surface area contributed by atoms with Crippen molar-refractivity contribution in [2.45, 2.75) is 66.0 Å². The normalized spacial score (nSPS) is 13.9. The van der Waals surface area contributed by atoms with Gasteiger partial charge in [0.15, 0.2) is 0 Å². The zero-order valence-corrected chi connectivity index (χ0v) is 13.6. The van der Waals surface area contributed by atoms with Crippen molar-refractivity contribution in [2.75, 3.05) is 0 Å². The zero-order valence-electron chi connectivity index (χ0n) is 13.6. The van der Waals surface area contributed by atoms with Gasteiger partial charge in [0, 0.05) is 6.42 Å². The molecule has 0 rings (SSSR count). The summed E-state index contributed by atoms with van der Waals surface area (Å²) in [4.78, 5) is 35.1. The summed E-state index contributed by atoms with van der Waals surface area (Å²) in [7, 11) is 0. The van der Waals surface area contributed by atoms with Crippen LogP contribution in [0.2, 0.25) is 0 Å². The number of hydrogen-bond acceptors (Lipinski definition) is 3. The highest BCUT2D eigenvalue weighted by molar-refractivity contribution is 5.90. The first-order chi connectivity index (χ1) is 9.68. The molecule has 0 spiro atoms. The Bertz CT molecular complexity index is 367. The average Bonchev–Trinajstić information content (AvgIpc) is 2.34. The lowest BCUT2D eigenvalue weighted by molar-refractivity contribution is -0.143. The van der Waals surface area contributed by atoms with E-state index in [4.69, 9.17) is 5.11 Å². The van der Waals surface area contributed by atoms with Gasteiger partial charge in [0.1, 0.15) is 12.1 Å². The van der Waals surface area contributed by atoms with Crippen molar-refractivity contribution in [3.8, 4) is 0 Å². The predicted molar refractivity (Wildman–Crippen MR) is 80.7 cm³/mol. The maximum absolute atomic E-state index is 12.2. The number of amides is 2. The van der Waals surface area contributed by atoms with Crippen molar-refractivity contribution >= 4 is 17.8 Å². The van der Waals surface area contributed by atoms with Crippen molar-refractivity contribution in [1.29, 1.82) is 0 Å². The van der Waals surface area contributed by atoms with Crippen LogP contribution in [-0.2, 0) is 14.4 Å². The quantitative estimate of drug-likeness (QED) is 0.602. The summed E-state index contributed by atoms with van der Waals surface area (Å²) in [6, 6.07) is -1.64. The molecule has 2 amide bonds. The third kappa shape index (κ3) is 7.68. The second-order valence-electron chi connectivity index (χ2n) is 6.07. The van der Waals surface area contributed by atoms with E-state index in [0.29, 0.717) is 19.3 Å². The Morgan fingerprint density at radius 1 is 1.05 bits per heavy atom.